The lowest BCUT2D eigenvalue weighted by Gasteiger charge is -2.28. The quantitative estimate of drug-likeness (QED) is 0.325. The number of carbonyl (C=O) groups is 1. The molecule has 26 heavy (non-hydrogen) atoms. The minimum atomic E-state index is -1.97. The van der Waals surface area contributed by atoms with Crippen LogP contribution in [-0.4, -0.2) is 60.2 Å². The maximum Gasteiger partial charge on any atom is 0.255 e. The van der Waals surface area contributed by atoms with Gasteiger partial charge in [-0.2, -0.15) is 9.97 Å². The van der Waals surface area contributed by atoms with Crippen molar-refractivity contribution in [3.05, 3.63) is 22.0 Å². The van der Waals surface area contributed by atoms with Crippen molar-refractivity contribution in [3.63, 3.8) is 0 Å². The number of aromatic nitrogens is 3. The van der Waals surface area contributed by atoms with Gasteiger partial charge in [-0.3, -0.25) is 14.2 Å². The molecule has 140 valence electrons. The molecule has 0 bridgehead atoms. The fourth-order valence-electron chi connectivity index (χ4n) is 3.07. The highest BCUT2D eigenvalue weighted by Crippen LogP contribution is 2.39. The van der Waals surface area contributed by atoms with Crippen molar-refractivity contribution in [1.82, 2.24) is 14.5 Å². The average Bonchev–Trinajstić information content (AvgIpc) is 2.76. The lowest BCUT2D eigenvalue weighted by molar-refractivity contribution is -0.0963. The monoisotopic (exact) mass is 366 g/mol. The van der Waals surface area contributed by atoms with E-state index in [0.717, 1.165) is 10.6 Å². The summed E-state index contributed by atoms with van der Waals surface area (Å²) in [5, 5.41) is 30.1. The van der Waals surface area contributed by atoms with Crippen molar-refractivity contribution in [2.24, 2.45) is 5.73 Å². The minimum Gasteiger partial charge on any atom is -0.394 e. The summed E-state index contributed by atoms with van der Waals surface area (Å²) in [5.74, 6) is -1.43. The number of anilines is 2. The van der Waals surface area contributed by atoms with Crippen LogP contribution in [-0.2, 0) is 4.74 Å². The third kappa shape index (κ3) is 2.47. The molecule has 1 fully saturated rings. The number of rotatable bonds is 3. The Hall–Kier alpha value is -2.80. The average molecular weight is 366 g/mol. The molecule has 0 aromatic carbocycles. The number of ether oxygens (including phenoxy) is 1. The Balaban J connectivity index is 2.38. The van der Waals surface area contributed by atoms with Crippen LogP contribution in [0.5, 0.6) is 0 Å². The molecule has 1 aliphatic rings. The smallest absolute Gasteiger partial charge is 0.255 e. The standard InChI is InChI=1S/C14H18N6O6/c1-14(25)8(23)5(3-21)26-12(14)20-6(22)2-4(10(16)24)7-9(15)18-13(17)19-11(7)20/h2,5,8,12,21,23,25H,3H2,1H3,(H2,16,24)(H4,15,17,18,19)/t5-,8-,12?,14-/m1/s1. The molecule has 2 aromatic rings. The number of fused-ring (bicyclic) bond motifs is 1. The molecule has 1 aliphatic heterocycles. The molecular weight excluding hydrogens is 348 g/mol. The zero-order valence-corrected chi connectivity index (χ0v) is 13.7. The predicted molar refractivity (Wildman–Crippen MR) is 88.8 cm³/mol. The molecule has 12 nitrogen and oxygen atoms in total. The molecule has 0 spiro atoms. The van der Waals surface area contributed by atoms with Gasteiger partial charge in [-0.1, -0.05) is 0 Å². The van der Waals surface area contributed by atoms with Gasteiger partial charge in [0.05, 0.1) is 17.6 Å². The van der Waals surface area contributed by atoms with Crippen molar-refractivity contribution in [1.29, 1.82) is 0 Å². The van der Waals surface area contributed by atoms with Gasteiger partial charge in [-0.25, -0.2) is 0 Å². The summed E-state index contributed by atoms with van der Waals surface area (Å²) >= 11 is 0. The van der Waals surface area contributed by atoms with Crippen LogP contribution in [0, 0.1) is 0 Å². The van der Waals surface area contributed by atoms with E-state index >= 15 is 0 Å². The number of nitrogen functional groups attached to an aromatic ring is 2. The number of nitrogens with zero attached hydrogens (tertiary/aromatic N) is 3. The predicted octanol–water partition coefficient (Wildman–Crippen LogP) is -2.94. The fraction of sp³-hybridized carbons (Fsp3) is 0.429. The SMILES string of the molecule is C[C@]1(O)C(n2c(=O)cc(C(N)=O)c3c(N)nc(N)nc32)O[C@H](CO)[C@H]1O. The summed E-state index contributed by atoms with van der Waals surface area (Å²) in [4.78, 5) is 32.0. The van der Waals surface area contributed by atoms with E-state index in [1.165, 1.54) is 6.92 Å². The van der Waals surface area contributed by atoms with E-state index in [0.29, 0.717) is 0 Å². The maximum absolute atomic E-state index is 12.6. The van der Waals surface area contributed by atoms with Crippen LogP contribution in [0.2, 0.25) is 0 Å². The maximum atomic E-state index is 12.6. The Labute approximate surface area is 145 Å². The first-order valence-corrected chi connectivity index (χ1v) is 7.54. The van der Waals surface area contributed by atoms with Gasteiger partial charge in [0.25, 0.3) is 5.56 Å². The van der Waals surface area contributed by atoms with Gasteiger partial charge in [0, 0.05) is 6.07 Å². The van der Waals surface area contributed by atoms with Gasteiger partial charge >= 0.3 is 0 Å². The number of hydrogen-bond donors (Lipinski definition) is 6. The summed E-state index contributed by atoms with van der Waals surface area (Å²) in [6.45, 7) is 0.630. The number of hydrogen-bond acceptors (Lipinski definition) is 10. The van der Waals surface area contributed by atoms with Gasteiger partial charge in [-0.05, 0) is 6.92 Å². The Kier molecular flexibility index (Phi) is 4.07. The third-order valence-electron chi connectivity index (χ3n) is 4.37. The van der Waals surface area contributed by atoms with Gasteiger partial charge in [0.1, 0.15) is 23.6 Å². The molecule has 9 N–H and O–H groups in total. The first-order valence-electron chi connectivity index (χ1n) is 7.54. The van der Waals surface area contributed by atoms with E-state index in [1.54, 1.807) is 0 Å². The second kappa shape index (κ2) is 5.88. The van der Waals surface area contributed by atoms with Gasteiger partial charge in [0.15, 0.2) is 11.9 Å². The summed E-state index contributed by atoms with van der Waals surface area (Å²) in [7, 11) is 0. The summed E-state index contributed by atoms with van der Waals surface area (Å²) in [6, 6.07) is 0.901. The third-order valence-corrected chi connectivity index (χ3v) is 4.37. The van der Waals surface area contributed by atoms with E-state index in [-0.39, 0.29) is 28.4 Å². The van der Waals surface area contributed by atoms with E-state index < -0.39 is 42.1 Å². The number of pyridine rings is 1. The van der Waals surface area contributed by atoms with Crippen LogP contribution in [0.3, 0.4) is 0 Å². The summed E-state index contributed by atoms with van der Waals surface area (Å²) in [5.41, 5.74) is 13.5. The molecule has 12 heteroatoms. The molecule has 0 saturated carbocycles. The highest BCUT2D eigenvalue weighted by Gasteiger charge is 2.53. The van der Waals surface area contributed by atoms with Crippen molar-refractivity contribution >= 4 is 28.7 Å². The molecule has 0 aliphatic carbocycles. The van der Waals surface area contributed by atoms with E-state index in [9.17, 15) is 24.9 Å². The van der Waals surface area contributed by atoms with Crippen LogP contribution in [0.25, 0.3) is 11.0 Å². The second-order valence-electron chi connectivity index (χ2n) is 6.18. The molecule has 4 atom stereocenters. The Morgan fingerprint density at radius 1 is 1.42 bits per heavy atom. The molecule has 2 aromatic heterocycles. The van der Waals surface area contributed by atoms with Gasteiger partial charge < -0.3 is 37.3 Å². The molecule has 1 unspecified atom stereocenters. The molecular formula is C14H18N6O6. The van der Waals surface area contributed by atoms with Gasteiger partial charge in [-0.15, -0.1) is 0 Å². The van der Waals surface area contributed by atoms with E-state index in [1.807, 2.05) is 0 Å². The highest BCUT2D eigenvalue weighted by molar-refractivity contribution is 6.08. The molecule has 3 rings (SSSR count). The van der Waals surface area contributed by atoms with E-state index in [4.69, 9.17) is 21.9 Å². The minimum absolute atomic E-state index is 0.0485. The lowest BCUT2D eigenvalue weighted by Crippen LogP contribution is -2.46. The van der Waals surface area contributed by atoms with Crippen LogP contribution >= 0.6 is 0 Å². The van der Waals surface area contributed by atoms with Crippen LogP contribution in [0.15, 0.2) is 10.9 Å². The van der Waals surface area contributed by atoms with E-state index in [2.05, 4.69) is 9.97 Å². The first kappa shape index (κ1) is 18.0. The van der Waals surface area contributed by atoms with Crippen LogP contribution in [0.4, 0.5) is 11.8 Å². The van der Waals surface area contributed by atoms with Crippen LogP contribution < -0.4 is 22.8 Å². The normalized spacial score (nSPS) is 28.5. The molecule has 0 radical (unpaired) electrons. The highest BCUT2D eigenvalue weighted by atomic mass is 16.6. The first-order chi connectivity index (χ1) is 12.1. The fourth-order valence-corrected chi connectivity index (χ4v) is 3.07. The number of carbonyl (C=O) groups excluding carboxylic acids is 1. The number of nitrogens with two attached hydrogens (primary N) is 3. The summed E-state index contributed by atoms with van der Waals surface area (Å²) in [6.07, 6.45) is -4.09. The number of primary amides is 1. The largest absolute Gasteiger partial charge is 0.394 e. The number of aliphatic hydroxyl groups excluding tert-OH is 2. The topological polar surface area (TPSA) is 213 Å². The van der Waals surface area contributed by atoms with Crippen molar-refractivity contribution < 1.29 is 24.9 Å². The van der Waals surface area contributed by atoms with Crippen LogP contribution in [0.1, 0.15) is 23.5 Å². The zero-order chi connectivity index (χ0) is 19.4. The van der Waals surface area contributed by atoms with Crippen molar-refractivity contribution in [2.75, 3.05) is 18.1 Å². The van der Waals surface area contributed by atoms with Gasteiger partial charge in [0.2, 0.25) is 11.9 Å². The summed E-state index contributed by atoms with van der Waals surface area (Å²) < 4.78 is 6.33. The van der Waals surface area contributed by atoms with Crippen molar-refractivity contribution in [3.8, 4) is 0 Å². The van der Waals surface area contributed by atoms with Crippen molar-refractivity contribution in [2.45, 2.75) is 31.0 Å². The molecule has 1 saturated heterocycles. The lowest BCUT2D eigenvalue weighted by atomic mass is 9.96. The Bertz CT molecular complexity index is 957. The molecule has 1 amide bonds. The number of aliphatic hydroxyl groups is 3. The second-order valence-corrected chi connectivity index (χ2v) is 6.18. The Morgan fingerprint density at radius 3 is 2.62 bits per heavy atom. The Morgan fingerprint density at radius 2 is 2.08 bits per heavy atom. The zero-order valence-electron chi connectivity index (χ0n) is 13.7. The molecule has 3 heterocycles. The number of amides is 1.